The van der Waals surface area contributed by atoms with Gasteiger partial charge in [0.2, 0.25) is 0 Å². The number of aryl methyl sites for hydroxylation is 1. The fourth-order valence-electron chi connectivity index (χ4n) is 2.32. The van der Waals surface area contributed by atoms with E-state index in [1.54, 1.807) is 0 Å². The molecule has 0 N–H and O–H groups in total. The molecule has 2 aliphatic rings. The molecule has 0 aromatic carbocycles. The summed E-state index contributed by atoms with van der Waals surface area (Å²) in [6.45, 7) is 5.05. The molecule has 0 saturated heterocycles. The fourth-order valence-corrected chi connectivity index (χ4v) is 3.43. The number of aromatic nitrogens is 3. The molecule has 1 aliphatic heterocycles. The Morgan fingerprint density at radius 3 is 3.05 bits per heavy atom. The van der Waals surface area contributed by atoms with E-state index in [2.05, 4.69) is 15.3 Å². The summed E-state index contributed by atoms with van der Waals surface area (Å²) in [4.78, 5) is 16.4. The maximum Gasteiger partial charge on any atom is 0.321 e. The summed E-state index contributed by atoms with van der Waals surface area (Å²) < 4.78 is 6.96. The van der Waals surface area contributed by atoms with E-state index in [1.165, 1.54) is 31.0 Å². The van der Waals surface area contributed by atoms with E-state index in [-0.39, 0.29) is 17.3 Å². The van der Waals surface area contributed by atoms with Gasteiger partial charge in [0, 0.05) is 6.54 Å². The van der Waals surface area contributed by atoms with Crippen molar-refractivity contribution in [3.05, 3.63) is 11.9 Å². The zero-order valence-electron chi connectivity index (χ0n) is 12.4. The van der Waals surface area contributed by atoms with E-state index in [4.69, 9.17) is 4.74 Å². The van der Waals surface area contributed by atoms with Gasteiger partial charge in [-0.1, -0.05) is 29.8 Å². The Labute approximate surface area is 128 Å². The third-order valence-electron chi connectivity index (χ3n) is 3.74. The molecule has 3 rings (SSSR count). The van der Waals surface area contributed by atoms with E-state index in [1.807, 2.05) is 24.7 Å². The minimum absolute atomic E-state index is 0.0827. The molecule has 1 aromatic rings. The number of carbonyl (C=O) groups excluding carboxylic acids is 1. The van der Waals surface area contributed by atoms with Crippen molar-refractivity contribution in [3.63, 3.8) is 0 Å². The molecule has 0 bridgehead atoms. The van der Waals surface area contributed by atoms with Gasteiger partial charge in [-0.15, -0.1) is 5.10 Å². The standard InChI is InChI=1S/C14H20N4O2S/c1-3-20-14(19)12-9(2)15-13(21-12)11-8-18(17-16-11)7-6-10-4-5-10/h8-10,12H,3-7H2,1-2H3. The molecule has 0 radical (unpaired) electrons. The van der Waals surface area contributed by atoms with Crippen LogP contribution in [0.3, 0.4) is 0 Å². The predicted octanol–water partition coefficient (Wildman–Crippen LogP) is 1.89. The minimum Gasteiger partial charge on any atom is -0.465 e. The van der Waals surface area contributed by atoms with Crippen molar-refractivity contribution in [2.24, 2.45) is 10.9 Å². The van der Waals surface area contributed by atoms with Crippen molar-refractivity contribution >= 4 is 22.8 Å². The zero-order chi connectivity index (χ0) is 14.8. The molecular formula is C14H20N4O2S. The third kappa shape index (κ3) is 3.45. The first kappa shape index (κ1) is 14.6. The number of thioether (sulfide) groups is 1. The van der Waals surface area contributed by atoms with Gasteiger partial charge < -0.3 is 4.74 Å². The highest BCUT2D eigenvalue weighted by Gasteiger charge is 2.35. The van der Waals surface area contributed by atoms with E-state index >= 15 is 0 Å². The van der Waals surface area contributed by atoms with Crippen molar-refractivity contribution in [2.45, 2.75) is 50.9 Å². The van der Waals surface area contributed by atoms with Crippen molar-refractivity contribution in [3.8, 4) is 0 Å². The molecule has 1 aliphatic carbocycles. The van der Waals surface area contributed by atoms with Crippen LogP contribution in [-0.4, -0.2) is 43.9 Å². The maximum absolute atomic E-state index is 11.9. The van der Waals surface area contributed by atoms with E-state index in [9.17, 15) is 4.79 Å². The SMILES string of the molecule is CCOC(=O)C1SC(c2cn(CCC3CC3)nn2)=NC1C. The molecule has 1 aromatic heterocycles. The predicted molar refractivity (Wildman–Crippen MR) is 81.4 cm³/mol. The van der Waals surface area contributed by atoms with Crippen LogP contribution in [0.15, 0.2) is 11.2 Å². The van der Waals surface area contributed by atoms with Crippen LogP contribution in [0.4, 0.5) is 0 Å². The van der Waals surface area contributed by atoms with Crippen LogP contribution in [-0.2, 0) is 16.1 Å². The second kappa shape index (κ2) is 6.17. The molecule has 21 heavy (non-hydrogen) atoms. The number of hydrogen-bond donors (Lipinski definition) is 0. The van der Waals surface area contributed by atoms with Gasteiger partial charge in [-0.25, -0.2) is 0 Å². The molecule has 2 unspecified atom stereocenters. The van der Waals surface area contributed by atoms with Crippen molar-refractivity contribution in [1.82, 2.24) is 15.0 Å². The molecule has 2 heterocycles. The lowest BCUT2D eigenvalue weighted by Gasteiger charge is -2.10. The van der Waals surface area contributed by atoms with Crippen LogP contribution in [0.5, 0.6) is 0 Å². The van der Waals surface area contributed by atoms with Crippen LogP contribution >= 0.6 is 11.8 Å². The number of ether oxygens (including phenoxy) is 1. The summed E-state index contributed by atoms with van der Waals surface area (Å²) in [6, 6.07) is -0.0827. The third-order valence-corrected chi connectivity index (χ3v) is 5.12. The average molecular weight is 308 g/mol. The normalized spacial score (nSPS) is 25.0. The van der Waals surface area contributed by atoms with Gasteiger partial charge in [0.1, 0.15) is 16.0 Å². The first-order valence-corrected chi connectivity index (χ1v) is 8.37. The van der Waals surface area contributed by atoms with Crippen molar-refractivity contribution < 1.29 is 9.53 Å². The second-order valence-electron chi connectivity index (χ2n) is 5.56. The summed E-state index contributed by atoms with van der Waals surface area (Å²) in [7, 11) is 0. The van der Waals surface area contributed by atoms with E-state index < -0.39 is 0 Å². The topological polar surface area (TPSA) is 69.4 Å². The molecule has 2 atom stereocenters. The van der Waals surface area contributed by atoms with E-state index in [0.717, 1.165) is 23.2 Å². The van der Waals surface area contributed by atoms with Crippen LogP contribution in [0.1, 0.15) is 38.8 Å². The van der Waals surface area contributed by atoms with E-state index in [0.29, 0.717) is 6.61 Å². The highest BCUT2D eigenvalue weighted by Crippen LogP contribution is 2.33. The van der Waals surface area contributed by atoms with Gasteiger partial charge in [0.25, 0.3) is 0 Å². The molecule has 7 heteroatoms. The molecule has 1 saturated carbocycles. The first-order valence-electron chi connectivity index (χ1n) is 7.49. The lowest BCUT2D eigenvalue weighted by Crippen LogP contribution is -2.26. The Kier molecular flexibility index (Phi) is 4.28. The first-order chi connectivity index (χ1) is 10.2. The Balaban J connectivity index is 1.61. The Bertz CT molecular complexity index is 553. The molecule has 0 spiro atoms. The quantitative estimate of drug-likeness (QED) is 0.751. The average Bonchev–Trinajstić information content (AvgIpc) is 3.03. The molecule has 0 amide bonds. The Hall–Kier alpha value is -1.37. The number of rotatable bonds is 6. The molecule has 1 fully saturated rings. The fraction of sp³-hybridized carbons (Fsp3) is 0.714. The maximum atomic E-state index is 11.9. The Morgan fingerprint density at radius 1 is 1.52 bits per heavy atom. The minimum atomic E-state index is -0.267. The van der Waals surface area contributed by atoms with Crippen LogP contribution in [0.25, 0.3) is 0 Å². The van der Waals surface area contributed by atoms with Crippen LogP contribution in [0, 0.1) is 5.92 Å². The lowest BCUT2D eigenvalue weighted by atomic mass is 10.2. The number of nitrogens with zero attached hydrogens (tertiary/aromatic N) is 4. The monoisotopic (exact) mass is 308 g/mol. The van der Waals surface area contributed by atoms with Crippen molar-refractivity contribution in [2.75, 3.05) is 6.61 Å². The smallest absolute Gasteiger partial charge is 0.321 e. The van der Waals surface area contributed by atoms with Crippen LogP contribution in [0.2, 0.25) is 0 Å². The van der Waals surface area contributed by atoms with Crippen LogP contribution < -0.4 is 0 Å². The number of esters is 1. The number of carbonyl (C=O) groups is 1. The summed E-state index contributed by atoms with van der Waals surface area (Å²) in [5.41, 5.74) is 0.759. The molecule has 114 valence electrons. The van der Waals surface area contributed by atoms with Gasteiger partial charge in [-0.2, -0.15) is 0 Å². The summed E-state index contributed by atoms with van der Waals surface area (Å²) in [6.07, 6.45) is 5.80. The summed E-state index contributed by atoms with van der Waals surface area (Å²) >= 11 is 1.43. The lowest BCUT2D eigenvalue weighted by molar-refractivity contribution is -0.142. The van der Waals surface area contributed by atoms with Crippen molar-refractivity contribution in [1.29, 1.82) is 0 Å². The highest BCUT2D eigenvalue weighted by molar-refractivity contribution is 8.15. The highest BCUT2D eigenvalue weighted by atomic mass is 32.2. The summed E-state index contributed by atoms with van der Waals surface area (Å²) in [5, 5.41) is 8.85. The van der Waals surface area contributed by atoms with Gasteiger partial charge in [-0.3, -0.25) is 14.5 Å². The van der Waals surface area contributed by atoms with Gasteiger partial charge in [0.05, 0.1) is 18.8 Å². The summed E-state index contributed by atoms with van der Waals surface area (Å²) in [5.74, 6) is 0.680. The molecular weight excluding hydrogens is 288 g/mol. The number of hydrogen-bond acceptors (Lipinski definition) is 6. The second-order valence-corrected chi connectivity index (χ2v) is 6.69. The molecule has 6 nitrogen and oxygen atoms in total. The number of aliphatic imine (C=N–C) groups is 1. The van der Waals surface area contributed by atoms with Gasteiger partial charge >= 0.3 is 5.97 Å². The zero-order valence-corrected chi connectivity index (χ0v) is 13.2. The Morgan fingerprint density at radius 2 is 2.33 bits per heavy atom. The van der Waals surface area contributed by atoms with Gasteiger partial charge in [-0.05, 0) is 26.2 Å². The van der Waals surface area contributed by atoms with Gasteiger partial charge in [0.15, 0.2) is 0 Å². The largest absolute Gasteiger partial charge is 0.465 e.